The van der Waals surface area contributed by atoms with Crippen LogP contribution in [0.4, 0.5) is 4.79 Å². The number of ether oxygens (including phenoxy) is 1. The lowest BCUT2D eigenvalue weighted by Gasteiger charge is -2.12. The Morgan fingerprint density at radius 2 is 2.22 bits per heavy atom. The van der Waals surface area contributed by atoms with Crippen molar-refractivity contribution in [1.29, 1.82) is 0 Å². The van der Waals surface area contributed by atoms with Crippen molar-refractivity contribution in [3.05, 3.63) is 23.9 Å². The minimum absolute atomic E-state index is 0.143. The quantitative estimate of drug-likeness (QED) is 0.813. The van der Waals surface area contributed by atoms with Crippen LogP contribution < -0.4 is 15.4 Å². The average Bonchev–Trinajstić information content (AvgIpc) is 2.37. The van der Waals surface area contributed by atoms with Gasteiger partial charge in [-0.25, -0.2) is 9.78 Å². The largest absolute Gasteiger partial charge is 0.475 e. The summed E-state index contributed by atoms with van der Waals surface area (Å²) in [6, 6.07) is 3.53. The number of nitrogens with one attached hydrogen (secondary N) is 2. The molecule has 1 rings (SSSR count). The molecule has 2 N–H and O–H groups in total. The molecule has 18 heavy (non-hydrogen) atoms. The molecule has 1 heterocycles. The average molecular weight is 251 g/mol. The zero-order valence-corrected chi connectivity index (χ0v) is 11.2. The van der Waals surface area contributed by atoms with Crippen LogP contribution in [-0.2, 0) is 6.54 Å². The van der Waals surface area contributed by atoms with Gasteiger partial charge >= 0.3 is 6.03 Å². The SMILES string of the molecule is CCNC(=O)NCc1ccnc(O[C@H](C)CC)c1. The molecule has 1 aromatic rings. The first-order valence-corrected chi connectivity index (χ1v) is 6.29. The molecule has 0 bridgehead atoms. The fraction of sp³-hybridized carbons (Fsp3) is 0.538. The van der Waals surface area contributed by atoms with E-state index in [1.54, 1.807) is 6.20 Å². The fourth-order valence-electron chi connectivity index (χ4n) is 1.32. The molecule has 1 atom stereocenters. The third-order valence-electron chi connectivity index (χ3n) is 2.49. The highest BCUT2D eigenvalue weighted by atomic mass is 16.5. The van der Waals surface area contributed by atoms with Crippen molar-refractivity contribution in [3.63, 3.8) is 0 Å². The highest BCUT2D eigenvalue weighted by Gasteiger charge is 2.04. The maximum absolute atomic E-state index is 11.3. The van der Waals surface area contributed by atoms with Crippen molar-refractivity contribution in [1.82, 2.24) is 15.6 Å². The highest BCUT2D eigenvalue weighted by molar-refractivity contribution is 5.73. The summed E-state index contributed by atoms with van der Waals surface area (Å²) in [5.74, 6) is 0.597. The number of pyridine rings is 1. The normalized spacial score (nSPS) is 11.7. The Morgan fingerprint density at radius 3 is 2.89 bits per heavy atom. The van der Waals surface area contributed by atoms with Crippen LogP contribution in [0.25, 0.3) is 0 Å². The molecule has 0 aliphatic heterocycles. The summed E-state index contributed by atoms with van der Waals surface area (Å²) >= 11 is 0. The third-order valence-corrected chi connectivity index (χ3v) is 2.49. The van der Waals surface area contributed by atoms with Crippen molar-refractivity contribution < 1.29 is 9.53 Å². The van der Waals surface area contributed by atoms with Crippen LogP contribution in [-0.4, -0.2) is 23.7 Å². The van der Waals surface area contributed by atoms with Gasteiger partial charge in [-0.05, 0) is 31.9 Å². The van der Waals surface area contributed by atoms with E-state index in [0.29, 0.717) is 19.0 Å². The number of rotatable bonds is 6. The summed E-state index contributed by atoms with van der Waals surface area (Å²) in [4.78, 5) is 15.4. The Labute approximate surface area is 108 Å². The summed E-state index contributed by atoms with van der Waals surface area (Å²) in [5, 5.41) is 5.44. The van der Waals surface area contributed by atoms with Crippen LogP contribution in [0, 0.1) is 0 Å². The molecule has 0 radical (unpaired) electrons. The first kappa shape index (κ1) is 14.3. The third kappa shape index (κ3) is 5.03. The van der Waals surface area contributed by atoms with E-state index in [9.17, 15) is 4.79 Å². The molecule has 0 saturated carbocycles. The standard InChI is InChI=1S/C13H21N3O2/c1-4-10(3)18-12-8-11(6-7-15-12)9-16-13(17)14-5-2/h6-8,10H,4-5,9H2,1-3H3,(H2,14,16,17)/t10-/m1/s1. The van der Waals surface area contributed by atoms with E-state index in [2.05, 4.69) is 22.5 Å². The monoisotopic (exact) mass is 251 g/mol. The van der Waals surface area contributed by atoms with Crippen LogP contribution in [0.5, 0.6) is 5.88 Å². The maximum Gasteiger partial charge on any atom is 0.315 e. The predicted octanol–water partition coefficient (Wildman–Crippen LogP) is 2.08. The molecule has 5 nitrogen and oxygen atoms in total. The van der Waals surface area contributed by atoms with E-state index < -0.39 is 0 Å². The molecule has 1 aromatic heterocycles. The topological polar surface area (TPSA) is 63.2 Å². The smallest absolute Gasteiger partial charge is 0.315 e. The summed E-state index contributed by atoms with van der Waals surface area (Å²) in [5.41, 5.74) is 0.967. The Hall–Kier alpha value is -1.78. The van der Waals surface area contributed by atoms with E-state index in [-0.39, 0.29) is 12.1 Å². The van der Waals surface area contributed by atoms with Crippen LogP contribution in [0.2, 0.25) is 0 Å². The van der Waals surface area contributed by atoms with Gasteiger partial charge in [0.25, 0.3) is 0 Å². The van der Waals surface area contributed by atoms with E-state index >= 15 is 0 Å². The minimum Gasteiger partial charge on any atom is -0.475 e. The Kier molecular flexibility index (Phi) is 5.97. The molecule has 100 valence electrons. The second-order valence-corrected chi connectivity index (χ2v) is 4.05. The molecule has 0 spiro atoms. The molecule has 5 heteroatoms. The van der Waals surface area contributed by atoms with Gasteiger partial charge in [0.05, 0.1) is 6.10 Å². The zero-order valence-electron chi connectivity index (χ0n) is 11.2. The molecule has 0 fully saturated rings. The van der Waals surface area contributed by atoms with Gasteiger partial charge in [-0.15, -0.1) is 0 Å². The van der Waals surface area contributed by atoms with E-state index in [4.69, 9.17) is 4.74 Å². The van der Waals surface area contributed by atoms with Crippen molar-refractivity contribution in [2.75, 3.05) is 6.54 Å². The molecule has 0 unspecified atom stereocenters. The highest BCUT2D eigenvalue weighted by Crippen LogP contribution is 2.12. The lowest BCUT2D eigenvalue weighted by molar-refractivity contribution is 0.208. The number of aromatic nitrogens is 1. The van der Waals surface area contributed by atoms with Crippen LogP contribution in [0.1, 0.15) is 32.8 Å². The van der Waals surface area contributed by atoms with E-state index in [0.717, 1.165) is 12.0 Å². The van der Waals surface area contributed by atoms with Gasteiger partial charge in [-0.3, -0.25) is 0 Å². The zero-order chi connectivity index (χ0) is 13.4. The van der Waals surface area contributed by atoms with Crippen molar-refractivity contribution in [2.24, 2.45) is 0 Å². The first-order valence-electron chi connectivity index (χ1n) is 6.29. The Bertz CT molecular complexity index is 382. The summed E-state index contributed by atoms with van der Waals surface area (Å²) < 4.78 is 5.62. The van der Waals surface area contributed by atoms with Gasteiger partial charge < -0.3 is 15.4 Å². The number of hydrogen-bond acceptors (Lipinski definition) is 3. The second kappa shape index (κ2) is 7.53. The van der Waals surface area contributed by atoms with Gasteiger partial charge in [0.1, 0.15) is 0 Å². The second-order valence-electron chi connectivity index (χ2n) is 4.05. The lowest BCUT2D eigenvalue weighted by atomic mass is 10.2. The van der Waals surface area contributed by atoms with Gasteiger partial charge in [-0.1, -0.05) is 6.92 Å². The van der Waals surface area contributed by atoms with E-state index in [1.165, 1.54) is 0 Å². The van der Waals surface area contributed by atoms with Gasteiger partial charge in [0, 0.05) is 25.4 Å². The van der Waals surface area contributed by atoms with Gasteiger partial charge in [0.15, 0.2) is 0 Å². The number of amides is 2. The fourth-order valence-corrected chi connectivity index (χ4v) is 1.32. The van der Waals surface area contributed by atoms with Crippen LogP contribution >= 0.6 is 0 Å². The number of carbonyl (C=O) groups is 1. The summed E-state index contributed by atoms with van der Waals surface area (Å²) in [7, 11) is 0. The first-order chi connectivity index (χ1) is 8.65. The minimum atomic E-state index is -0.168. The summed E-state index contributed by atoms with van der Waals surface area (Å²) in [6.45, 7) is 7.02. The van der Waals surface area contributed by atoms with Crippen LogP contribution in [0.15, 0.2) is 18.3 Å². The van der Waals surface area contributed by atoms with Gasteiger partial charge in [-0.2, -0.15) is 0 Å². The number of nitrogens with zero attached hydrogens (tertiary/aromatic N) is 1. The number of carbonyl (C=O) groups excluding carboxylic acids is 1. The van der Waals surface area contributed by atoms with E-state index in [1.807, 2.05) is 26.0 Å². The number of hydrogen-bond donors (Lipinski definition) is 2. The molecular formula is C13H21N3O2. The number of urea groups is 1. The lowest BCUT2D eigenvalue weighted by Crippen LogP contribution is -2.34. The van der Waals surface area contributed by atoms with Crippen molar-refractivity contribution in [3.8, 4) is 5.88 Å². The van der Waals surface area contributed by atoms with Gasteiger partial charge in [0.2, 0.25) is 5.88 Å². The summed E-state index contributed by atoms with van der Waals surface area (Å²) in [6.07, 6.45) is 2.76. The van der Waals surface area contributed by atoms with Crippen molar-refractivity contribution in [2.45, 2.75) is 39.8 Å². The molecule has 0 aliphatic carbocycles. The molecule has 0 aromatic carbocycles. The maximum atomic E-state index is 11.3. The molecular weight excluding hydrogens is 230 g/mol. The van der Waals surface area contributed by atoms with Crippen LogP contribution in [0.3, 0.4) is 0 Å². The molecule has 2 amide bonds. The molecule has 0 aliphatic rings. The Morgan fingerprint density at radius 1 is 1.44 bits per heavy atom. The Balaban J connectivity index is 2.51. The predicted molar refractivity (Wildman–Crippen MR) is 70.5 cm³/mol. The van der Waals surface area contributed by atoms with Crippen molar-refractivity contribution >= 4 is 6.03 Å². The molecule has 0 saturated heterocycles.